The number of hydrogen-bond acceptors (Lipinski definition) is 5. The molecule has 24 heavy (non-hydrogen) atoms. The number of rotatable bonds is 7. The van der Waals surface area contributed by atoms with Gasteiger partial charge in [0.1, 0.15) is 6.54 Å². The number of aryl methyl sites for hydroxylation is 3. The predicted molar refractivity (Wildman–Crippen MR) is 92.8 cm³/mol. The summed E-state index contributed by atoms with van der Waals surface area (Å²) in [7, 11) is 5.47. The number of aromatic nitrogens is 6. The van der Waals surface area contributed by atoms with E-state index in [4.69, 9.17) is 0 Å². The highest BCUT2D eigenvalue weighted by atomic mass is 32.2. The highest BCUT2D eigenvalue weighted by molar-refractivity contribution is 7.99. The van der Waals surface area contributed by atoms with E-state index in [9.17, 15) is 4.79 Å². The van der Waals surface area contributed by atoms with Gasteiger partial charge < -0.3 is 5.32 Å². The lowest BCUT2D eigenvalue weighted by Crippen LogP contribution is -2.82. The third-order valence-corrected chi connectivity index (χ3v) is 5.18. The monoisotopic (exact) mass is 348 g/mol. The SMILES string of the molecule is Cn1nnnc1SCCC[NH2+]Cc1ccc2c(c1)n(C)c(=O)n2C. The van der Waals surface area contributed by atoms with Crippen molar-refractivity contribution in [3.63, 3.8) is 0 Å². The van der Waals surface area contributed by atoms with Gasteiger partial charge in [0.25, 0.3) is 0 Å². The molecule has 0 amide bonds. The van der Waals surface area contributed by atoms with Crippen molar-refractivity contribution in [3.05, 3.63) is 34.2 Å². The summed E-state index contributed by atoms with van der Waals surface area (Å²) in [6.45, 7) is 1.96. The summed E-state index contributed by atoms with van der Waals surface area (Å²) in [5, 5.41) is 14.5. The molecule has 0 radical (unpaired) electrons. The van der Waals surface area contributed by atoms with Gasteiger partial charge in [-0.15, -0.1) is 5.10 Å². The van der Waals surface area contributed by atoms with Gasteiger partial charge in [-0.25, -0.2) is 9.48 Å². The van der Waals surface area contributed by atoms with E-state index in [0.717, 1.165) is 41.5 Å². The number of fused-ring (bicyclic) bond motifs is 1. The van der Waals surface area contributed by atoms with E-state index in [1.807, 2.05) is 20.2 Å². The Bertz CT molecular complexity index is 895. The van der Waals surface area contributed by atoms with Crippen molar-refractivity contribution in [2.45, 2.75) is 18.1 Å². The third-order valence-electron chi connectivity index (χ3n) is 4.08. The standard InChI is InChI=1S/C15H21N7OS/c1-20-12-6-5-11(9-13(12)21(2)15(20)23)10-16-7-4-8-24-14-17-18-19-22(14)3/h5-6,9,16H,4,7-8,10H2,1-3H3/p+1. The molecule has 2 heterocycles. The van der Waals surface area contributed by atoms with Crippen LogP contribution in [0.3, 0.4) is 0 Å². The molecule has 0 atom stereocenters. The first kappa shape index (κ1) is 16.7. The maximum absolute atomic E-state index is 12.0. The molecule has 3 aromatic rings. The number of nitrogens with two attached hydrogens (primary N) is 1. The summed E-state index contributed by atoms with van der Waals surface area (Å²) in [5.41, 5.74) is 3.20. The summed E-state index contributed by atoms with van der Waals surface area (Å²) in [6.07, 6.45) is 1.09. The number of benzene rings is 1. The first-order valence-corrected chi connectivity index (χ1v) is 8.87. The second-order valence-corrected chi connectivity index (χ2v) is 6.85. The Kier molecular flexibility index (Phi) is 5.00. The van der Waals surface area contributed by atoms with Crippen LogP contribution in [-0.4, -0.2) is 41.6 Å². The topological polar surface area (TPSA) is 87.1 Å². The molecular formula is C15H22N7OS+. The van der Waals surface area contributed by atoms with Crippen molar-refractivity contribution in [1.82, 2.24) is 29.3 Å². The number of imidazole rings is 1. The fourth-order valence-electron chi connectivity index (χ4n) is 2.68. The van der Waals surface area contributed by atoms with Crippen LogP contribution in [0.25, 0.3) is 11.0 Å². The van der Waals surface area contributed by atoms with Gasteiger partial charge in [0.05, 0.1) is 17.6 Å². The van der Waals surface area contributed by atoms with Gasteiger partial charge in [0.2, 0.25) is 5.16 Å². The van der Waals surface area contributed by atoms with E-state index in [1.54, 1.807) is 32.6 Å². The van der Waals surface area contributed by atoms with Gasteiger partial charge in [0, 0.05) is 38.9 Å². The summed E-state index contributed by atoms with van der Waals surface area (Å²) in [6, 6.07) is 6.22. The minimum absolute atomic E-state index is 0.0152. The molecule has 0 aliphatic rings. The Morgan fingerprint density at radius 1 is 1.17 bits per heavy atom. The fraction of sp³-hybridized carbons (Fsp3) is 0.467. The number of thioether (sulfide) groups is 1. The zero-order chi connectivity index (χ0) is 17.1. The number of quaternary nitrogens is 1. The van der Waals surface area contributed by atoms with Gasteiger partial charge in [0.15, 0.2) is 0 Å². The Labute approximate surface area is 143 Å². The molecule has 0 saturated carbocycles. The lowest BCUT2D eigenvalue weighted by atomic mass is 10.2. The molecular weight excluding hydrogens is 326 g/mol. The van der Waals surface area contributed by atoms with Crippen molar-refractivity contribution in [2.75, 3.05) is 12.3 Å². The number of hydrogen-bond donors (Lipinski definition) is 1. The molecule has 8 nitrogen and oxygen atoms in total. The molecule has 0 saturated heterocycles. The molecule has 2 aromatic heterocycles. The van der Waals surface area contributed by atoms with Crippen LogP contribution in [0, 0.1) is 0 Å². The molecule has 0 spiro atoms. The van der Waals surface area contributed by atoms with E-state index in [1.165, 1.54) is 5.56 Å². The second kappa shape index (κ2) is 7.18. The van der Waals surface area contributed by atoms with E-state index in [-0.39, 0.29) is 5.69 Å². The second-order valence-electron chi connectivity index (χ2n) is 5.79. The van der Waals surface area contributed by atoms with Crippen molar-refractivity contribution in [3.8, 4) is 0 Å². The maximum atomic E-state index is 12.0. The van der Waals surface area contributed by atoms with E-state index < -0.39 is 0 Å². The molecule has 0 fully saturated rings. The van der Waals surface area contributed by atoms with Crippen LogP contribution in [-0.2, 0) is 27.7 Å². The number of tetrazole rings is 1. The van der Waals surface area contributed by atoms with Crippen LogP contribution in [0.15, 0.2) is 28.2 Å². The highest BCUT2D eigenvalue weighted by Gasteiger charge is 2.08. The molecule has 0 aliphatic carbocycles. The average molecular weight is 348 g/mol. The lowest BCUT2D eigenvalue weighted by Gasteiger charge is -2.03. The van der Waals surface area contributed by atoms with Gasteiger partial charge in [-0.3, -0.25) is 9.13 Å². The van der Waals surface area contributed by atoms with Crippen molar-refractivity contribution in [1.29, 1.82) is 0 Å². The maximum Gasteiger partial charge on any atom is 0.328 e. The van der Waals surface area contributed by atoms with Crippen LogP contribution < -0.4 is 11.0 Å². The van der Waals surface area contributed by atoms with Crippen LogP contribution in [0.5, 0.6) is 0 Å². The zero-order valence-corrected chi connectivity index (χ0v) is 15.0. The predicted octanol–water partition coefficient (Wildman–Crippen LogP) is -0.354. The lowest BCUT2D eigenvalue weighted by molar-refractivity contribution is -0.670. The van der Waals surface area contributed by atoms with E-state index in [2.05, 4.69) is 33.0 Å². The van der Waals surface area contributed by atoms with Gasteiger partial charge >= 0.3 is 5.69 Å². The van der Waals surface area contributed by atoms with E-state index in [0.29, 0.717) is 0 Å². The van der Waals surface area contributed by atoms with Gasteiger partial charge in [-0.1, -0.05) is 17.8 Å². The molecule has 9 heteroatoms. The van der Waals surface area contributed by atoms with Crippen molar-refractivity contribution >= 4 is 22.8 Å². The summed E-state index contributed by atoms with van der Waals surface area (Å²) < 4.78 is 5.07. The van der Waals surface area contributed by atoms with Gasteiger partial charge in [-0.2, -0.15) is 0 Å². The van der Waals surface area contributed by atoms with Crippen molar-refractivity contribution < 1.29 is 5.32 Å². The van der Waals surface area contributed by atoms with E-state index >= 15 is 0 Å². The molecule has 128 valence electrons. The highest BCUT2D eigenvalue weighted by Crippen LogP contribution is 2.14. The normalized spacial score (nSPS) is 11.5. The molecule has 3 rings (SSSR count). The minimum atomic E-state index is 0.0152. The third kappa shape index (κ3) is 3.36. The summed E-state index contributed by atoms with van der Waals surface area (Å²) in [5.74, 6) is 0.997. The van der Waals surface area contributed by atoms with Crippen LogP contribution in [0.2, 0.25) is 0 Å². The largest absolute Gasteiger partial charge is 0.342 e. The van der Waals surface area contributed by atoms with Crippen molar-refractivity contribution in [2.24, 2.45) is 21.1 Å². The molecule has 1 aromatic carbocycles. The zero-order valence-electron chi connectivity index (χ0n) is 14.1. The van der Waals surface area contributed by atoms with Crippen LogP contribution >= 0.6 is 11.8 Å². The Hall–Kier alpha value is -2.13. The summed E-state index contributed by atoms with van der Waals surface area (Å²) in [4.78, 5) is 12.0. The molecule has 0 unspecified atom stereocenters. The fourth-order valence-corrected chi connectivity index (χ4v) is 3.49. The first-order valence-electron chi connectivity index (χ1n) is 7.89. The number of nitrogens with zero attached hydrogens (tertiary/aromatic N) is 6. The average Bonchev–Trinajstić information content (AvgIpc) is 3.08. The molecule has 0 aliphatic heterocycles. The smallest absolute Gasteiger partial charge is 0.328 e. The Balaban J connectivity index is 1.48. The Morgan fingerprint density at radius 3 is 2.71 bits per heavy atom. The molecule has 0 bridgehead atoms. The Morgan fingerprint density at radius 2 is 1.96 bits per heavy atom. The van der Waals surface area contributed by atoms with Crippen LogP contribution in [0.4, 0.5) is 0 Å². The first-order chi connectivity index (χ1) is 11.6. The van der Waals surface area contributed by atoms with Gasteiger partial charge in [-0.05, 0) is 22.6 Å². The summed E-state index contributed by atoms with van der Waals surface area (Å²) >= 11 is 1.67. The van der Waals surface area contributed by atoms with Crippen LogP contribution in [0.1, 0.15) is 12.0 Å². The molecule has 2 N–H and O–H groups in total. The minimum Gasteiger partial charge on any atom is -0.342 e. The quantitative estimate of drug-likeness (QED) is 0.466.